The third-order valence-corrected chi connectivity index (χ3v) is 8.54. The topological polar surface area (TPSA) is 353 Å². The second-order valence-corrected chi connectivity index (χ2v) is 13.5. The monoisotopic (exact) mass is 904 g/mol. The molecule has 0 bridgehead atoms. The van der Waals surface area contributed by atoms with Crippen LogP contribution in [-0.2, 0) is 63.6 Å². The number of aromatic amines is 1. The number of hydrogen-bond donors (Lipinski definition) is 9. The van der Waals surface area contributed by atoms with Crippen LogP contribution in [-0.4, -0.2) is 190 Å². The minimum atomic E-state index is -0.959. The van der Waals surface area contributed by atoms with Crippen molar-refractivity contribution in [2.45, 2.75) is 50.7 Å². The van der Waals surface area contributed by atoms with Gasteiger partial charge in [0.25, 0.3) is 0 Å². The lowest BCUT2D eigenvalue weighted by Gasteiger charge is -2.29. The maximum atomic E-state index is 12.7. The number of aliphatic imine (C=N–C) groups is 1. The first-order valence-corrected chi connectivity index (χ1v) is 20.9. The highest BCUT2D eigenvalue weighted by Gasteiger charge is 2.27. The Morgan fingerprint density at radius 3 is 1.46 bits per heavy atom. The zero-order valence-corrected chi connectivity index (χ0v) is 36.8. The maximum Gasteiger partial charge on any atom is 0.220 e. The van der Waals surface area contributed by atoms with Gasteiger partial charge >= 0.3 is 0 Å². The molecule has 0 aliphatic carbocycles. The van der Waals surface area contributed by atoms with Gasteiger partial charge in [0.15, 0.2) is 0 Å². The summed E-state index contributed by atoms with van der Waals surface area (Å²) in [5.74, 6) is 9.88. The van der Waals surface area contributed by atoms with Crippen molar-refractivity contribution in [2.24, 2.45) is 33.2 Å². The molecule has 1 atom stereocenters. The van der Waals surface area contributed by atoms with E-state index in [-0.39, 0.29) is 82.7 Å². The number of aromatic nitrogens is 3. The van der Waals surface area contributed by atoms with E-state index in [0.717, 1.165) is 0 Å². The Balaban J connectivity index is 2.34. The molecule has 0 saturated heterocycles. The van der Waals surface area contributed by atoms with Gasteiger partial charge in [-0.15, -0.1) is 0 Å². The zero-order valence-electron chi connectivity index (χ0n) is 36.8. The Morgan fingerprint density at radius 2 is 1.08 bits per heavy atom. The van der Waals surface area contributed by atoms with Gasteiger partial charge in [0.1, 0.15) is 11.4 Å². The molecule has 25 nitrogen and oxygen atoms in total. The highest BCUT2D eigenvalue weighted by atomic mass is 16.6. The quantitative estimate of drug-likeness (QED) is 0.0137. The molecule has 0 fully saturated rings. The maximum absolute atomic E-state index is 12.7. The van der Waals surface area contributed by atoms with Crippen LogP contribution in [0.15, 0.2) is 28.2 Å². The fourth-order valence-corrected chi connectivity index (χ4v) is 5.06. The average Bonchev–Trinajstić information content (AvgIpc) is 3.82. The van der Waals surface area contributed by atoms with Gasteiger partial charge in [-0.25, -0.2) is 0 Å². The third-order valence-electron chi connectivity index (χ3n) is 8.54. The molecule has 25 heteroatoms. The van der Waals surface area contributed by atoms with Crippen LogP contribution in [0.5, 0.6) is 0 Å². The summed E-state index contributed by atoms with van der Waals surface area (Å²) in [4.78, 5) is 42.0. The first kappa shape index (κ1) is 56.6. The van der Waals surface area contributed by atoms with Crippen LogP contribution in [0, 0.1) is 0 Å². The summed E-state index contributed by atoms with van der Waals surface area (Å²) in [5, 5.41) is 22.2. The molecule has 0 radical (unpaired) electrons. The summed E-state index contributed by atoms with van der Waals surface area (Å²) in [6, 6.07) is 0. The molecule has 0 aliphatic heterocycles. The van der Waals surface area contributed by atoms with Crippen molar-refractivity contribution >= 4 is 29.6 Å². The van der Waals surface area contributed by atoms with Crippen LogP contribution in [0.2, 0.25) is 0 Å². The number of carbonyl (C=O) groups is 3. The van der Waals surface area contributed by atoms with E-state index in [1.165, 1.54) is 12.4 Å². The largest absolute Gasteiger partial charge is 0.403 e. The van der Waals surface area contributed by atoms with Gasteiger partial charge in [0, 0.05) is 63.9 Å². The van der Waals surface area contributed by atoms with Gasteiger partial charge in [0.05, 0.1) is 131 Å². The average molecular weight is 904 g/mol. The minimum absolute atomic E-state index is 0.103. The summed E-state index contributed by atoms with van der Waals surface area (Å²) in [7, 11) is 1.62. The molecule has 13 N–H and O–H groups in total. The molecule has 0 aromatic carbocycles. The predicted octanol–water partition coefficient (Wildman–Crippen LogP) is -2.88. The summed E-state index contributed by atoms with van der Waals surface area (Å²) in [6.07, 6.45) is 5.53. The lowest BCUT2D eigenvalue weighted by Crippen LogP contribution is -2.44. The summed E-state index contributed by atoms with van der Waals surface area (Å²) >= 11 is 0. The Morgan fingerprint density at radius 1 is 0.667 bits per heavy atom. The van der Waals surface area contributed by atoms with Crippen LogP contribution in [0.25, 0.3) is 0 Å². The number of rotatable bonds is 44. The highest BCUT2D eigenvalue weighted by molar-refractivity contribution is 6.31. The molecule has 362 valence electrons. The van der Waals surface area contributed by atoms with E-state index in [1.807, 2.05) is 0 Å². The number of hydrazone groups is 1. The van der Waals surface area contributed by atoms with Crippen molar-refractivity contribution in [3.05, 3.63) is 23.8 Å². The normalized spacial score (nSPS) is 13.0. The first-order valence-electron chi connectivity index (χ1n) is 20.9. The van der Waals surface area contributed by atoms with Gasteiger partial charge in [0.2, 0.25) is 17.7 Å². The zero-order chi connectivity index (χ0) is 45.9. The van der Waals surface area contributed by atoms with Crippen molar-refractivity contribution in [2.75, 3.05) is 139 Å². The van der Waals surface area contributed by atoms with Crippen LogP contribution >= 0.6 is 0 Å². The Bertz CT molecular complexity index is 1380. The molecule has 1 aromatic rings. The fraction of sp³-hybridized carbons (Fsp3) is 0.763. The van der Waals surface area contributed by atoms with Gasteiger partial charge < -0.3 is 81.3 Å². The Hall–Kier alpha value is -4.41. The van der Waals surface area contributed by atoms with Crippen molar-refractivity contribution in [1.29, 1.82) is 0 Å². The van der Waals surface area contributed by atoms with Crippen LogP contribution in [0.1, 0.15) is 44.2 Å². The SMILES string of the molecule is CN=CC(COCCOCCOCCNC(=O)CCC(N)(CCC(=O)NCCOCCOCCOC/C(=C/N)NN)CCC(=O)NCCOCCOCCOCc1cn[nH]n1)=NN. The molecular formula is C38H73N13O12. The molecule has 1 unspecified atom stereocenters. The van der Waals surface area contributed by atoms with E-state index in [2.05, 4.69) is 46.9 Å². The van der Waals surface area contributed by atoms with Crippen molar-refractivity contribution in [3.63, 3.8) is 0 Å². The molecule has 3 amide bonds. The van der Waals surface area contributed by atoms with Crippen LogP contribution < -0.4 is 44.5 Å². The van der Waals surface area contributed by atoms with Crippen molar-refractivity contribution in [3.8, 4) is 0 Å². The number of amides is 3. The summed E-state index contributed by atoms with van der Waals surface area (Å²) < 4.78 is 49.2. The third kappa shape index (κ3) is 34.7. The molecule has 1 rings (SSSR count). The fourth-order valence-electron chi connectivity index (χ4n) is 5.06. The second kappa shape index (κ2) is 40.4. The number of hydrogen-bond acceptors (Lipinski definition) is 21. The molecular weight excluding hydrogens is 830 g/mol. The van der Waals surface area contributed by atoms with Gasteiger partial charge in [-0.2, -0.15) is 20.5 Å². The minimum Gasteiger partial charge on any atom is -0.403 e. The highest BCUT2D eigenvalue weighted by Crippen LogP contribution is 2.23. The number of nitrogens with zero attached hydrogens (tertiary/aromatic N) is 4. The predicted molar refractivity (Wildman–Crippen MR) is 232 cm³/mol. The number of ether oxygens (including phenoxy) is 9. The first-order chi connectivity index (χ1) is 30.7. The van der Waals surface area contributed by atoms with Gasteiger partial charge in [-0.3, -0.25) is 25.2 Å². The van der Waals surface area contributed by atoms with Crippen molar-refractivity contribution < 1.29 is 57.0 Å². The van der Waals surface area contributed by atoms with Crippen LogP contribution in [0.3, 0.4) is 0 Å². The van der Waals surface area contributed by atoms with E-state index in [0.29, 0.717) is 129 Å². The molecule has 0 aliphatic rings. The number of nitrogens with one attached hydrogen (secondary N) is 5. The lowest BCUT2D eigenvalue weighted by atomic mass is 9.84. The number of nitrogens with two attached hydrogens (primary N) is 4. The molecule has 63 heavy (non-hydrogen) atoms. The van der Waals surface area contributed by atoms with Crippen molar-refractivity contribution in [1.82, 2.24) is 36.8 Å². The van der Waals surface area contributed by atoms with Gasteiger partial charge in [-0.1, -0.05) is 0 Å². The number of hydrazine groups is 1. The smallest absolute Gasteiger partial charge is 0.220 e. The molecule has 0 saturated carbocycles. The molecule has 0 spiro atoms. The lowest BCUT2D eigenvalue weighted by molar-refractivity contribution is -0.121. The van der Waals surface area contributed by atoms with Gasteiger partial charge in [-0.05, 0) is 19.3 Å². The summed E-state index contributed by atoms with van der Waals surface area (Å²) in [5.41, 5.74) is 15.4. The van der Waals surface area contributed by atoms with E-state index < -0.39 is 5.54 Å². The summed E-state index contributed by atoms with van der Waals surface area (Å²) in [6.45, 7) is 7.00. The Labute approximate surface area is 369 Å². The van der Waals surface area contributed by atoms with E-state index >= 15 is 0 Å². The Kier molecular flexibility index (Phi) is 36.3. The van der Waals surface area contributed by atoms with E-state index in [9.17, 15) is 14.4 Å². The number of carbonyl (C=O) groups excluding carboxylic acids is 3. The molecule has 1 heterocycles. The van der Waals surface area contributed by atoms with E-state index in [1.54, 1.807) is 13.2 Å². The van der Waals surface area contributed by atoms with Crippen LogP contribution in [0.4, 0.5) is 0 Å². The second-order valence-electron chi connectivity index (χ2n) is 13.5. The standard InChI is InChI=1S/C38H73N13O12/c1-43-27-33(49-42)30-62-24-21-59-18-15-56-12-9-45-36(53)3-6-38(40,5-2-35(52)44-8-11-55-14-17-58-20-23-61-29-32(26-39)48-41)7-4-37(54)46-10-13-57-16-19-60-22-25-63-31-34-28-47-51-50-34/h26-28,48H,2-25,29-31,39-42H2,1H3,(H,44,52)(H,45,53)(H,46,54)(H,47,50,51)/b32-26-,43-27?,49-33?. The number of H-pyrrole nitrogens is 1. The van der Waals surface area contributed by atoms with E-state index in [4.69, 9.17) is 65.8 Å². The molecule has 1 aromatic heterocycles.